The highest BCUT2D eigenvalue weighted by Crippen LogP contribution is 2.12. The van der Waals surface area contributed by atoms with E-state index in [0.29, 0.717) is 6.54 Å². The number of benzene rings is 2. The molecule has 0 unspecified atom stereocenters. The van der Waals surface area contributed by atoms with Gasteiger partial charge in [0.15, 0.2) is 0 Å². The summed E-state index contributed by atoms with van der Waals surface area (Å²) in [5.74, 6) is -0.290. The first kappa shape index (κ1) is 17.7. The van der Waals surface area contributed by atoms with Crippen molar-refractivity contribution in [2.75, 3.05) is 0 Å². The smallest absolute Gasteiger partial charge is 0.315 e. The van der Waals surface area contributed by atoms with Gasteiger partial charge in [-0.2, -0.15) is 0 Å². The fourth-order valence-electron chi connectivity index (χ4n) is 2.62. The van der Waals surface area contributed by atoms with Crippen LogP contribution in [0.25, 0.3) is 0 Å². The van der Waals surface area contributed by atoms with E-state index in [1.807, 2.05) is 42.0 Å². The van der Waals surface area contributed by atoms with E-state index in [1.54, 1.807) is 24.7 Å². The first-order valence-electron chi connectivity index (χ1n) is 8.43. The van der Waals surface area contributed by atoms with Crippen molar-refractivity contribution in [3.05, 3.63) is 89.8 Å². The lowest BCUT2D eigenvalue weighted by Gasteiger charge is -2.15. The van der Waals surface area contributed by atoms with Crippen LogP contribution in [-0.2, 0) is 13.1 Å². The van der Waals surface area contributed by atoms with Gasteiger partial charge in [0.2, 0.25) is 0 Å². The standard InChI is InChI=1S/C20H21FN4O/c1-15(18-6-8-19(21)9-7-18)24-20(26)23-12-16-2-4-17(5-3-16)13-25-11-10-22-14-25/h2-11,14-15H,12-13H2,1H3,(H2,23,24,26)/t15-/m0/s1. The van der Waals surface area contributed by atoms with Gasteiger partial charge in [0, 0.05) is 25.5 Å². The highest BCUT2D eigenvalue weighted by Gasteiger charge is 2.09. The summed E-state index contributed by atoms with van der Waals surface area (Å²) >= 11 is 0. The molecule has 2 N–H and O–H groups in total. The van der Waals surface area contributed by atoms with Crippen molar-refractivity contribution in [3.8, 4) is 0 Å². The molecule has 1 heterocycles. The van der Waals surface area contributed by atoms with E-state index in [4.69, 9.17) is 0 Å². The summed E-state index contributed by atoms with van der Waals surface area (Å²) < 4.78 is 14.9. The number of nitrogens with zero attached hydrogens (tertiary/aromatic N) is 2. The number of hydrogen-bond acceptors (Lipinski definition) is 2. The van der Waals surface area contributed by atoms with E-state index in [9.17, 15) is 9.18 Å². The molecule has 6 heteroatoms. The Morgan fingerprint density at radius 1 is 1.12 bits per heavy atom. The molecular weight excluding hydrogens is 331 g/mol. The Balaban J connectivity index is 1.47. The monoisotopic (exact) mass is 352 g/mol. The van der Waals surface area contributed by atoms with Crippen molar-refractivity contribution < 1.29 is 9.18 Å². The van der Waals surface area contributed by atoms with Gasteiger partial charge in [-0.3, -0.25) is 0 Å². The third kappa shape index (κ3) is 4.92. The topological polar surface area (TPSA) is 59.0 Å². The number of rotatable bonds is 6. The molecule has 0 saturated heterocycles. The van der Waals surface area contributed by atoms with E-state index in [1.165, 1.54) is 17.7 Å². The molecule has 0 radical (unpaired) electrons. The fraction of sp³-hybridized carbons (Fsp3) is 0.200. The van der Waals surface area contributed by atoms with Crippen LogP contribution in [0.5, 0.6) is 0 Å². The highest BCUT2D eigenvalue weighted by atomic mass is 19.1. The van der Waals surface area contributed by atoms with Crippen molar-refractivity contribution >= 4 is 6.03 Å². The molecule has 0 saturated carbocycles. The van der Waals surface area contributed by atoms with Crippen molar-refractivity contribution in [3.63, 3.8) is 0 Å². The molecule has 0 aliphatic rings. The lowest BCUT2D eigenvalue weighted by molar-refractivity contribution is 0.237. The molecule has 134 valence electrons. The maximum absolute atomic E-state index is 13.0. The minimum atomic E-state index is -0.290. The van der Waals surface area contributed by atoms with E-state index < -0.39 is 0 Å². The Bertz CT molecular complexity index is 829. The molecule has 0 aliphatic heterocycles. The Kier molecular flexibility index (Phi) is 5.63. The molecule has 3 aromatic rings. The summed E-state index contributed by atoms with van der Waals surface area (Å²) in [5, 5.41) is 5.68. The van der Waals surface area contributed by atoms with Crippen LogP contribution in [0.3, 0.4) is 0 Å². The second kappa shape index (κ2) is 8.29. The summed E-state index contributed by atoms with van der Waals surface area (Å²) in [6.07, 6.45) is 5.45. The number of amides is 2. The van der Waals surface area contributed by atoms with Crippen LogP contribution >= 0.6 is 0 Å². The zero-order chi connectivity index (χ0) is 18.4. The van der Waals surface area contributed by atoms with E-state index in [-0.39, 0.29) is 17.9 Å². The zero-order valence-electron chi connectivity index (χ0n) is 14.5. The number of urea groups is 1. The van der Waals surface area contributed by atoms with Crippen molar-refractivity contribution in [2.24, 2.45) is 0 Å². The predicted octanol–water partition coefficient (Wildman–Crippen LogP) is 3.63. The molecule has 3 rings (SSSR count). The van der Waals surface area contributed by atoms with Crippen LogP contribution in [-0.4, -0.2) is 15.6 Å². The number of imidazole rings is 1. The molecule has 5 nitrogen and oxygen atoms in total. The largest absolute Gasteiger partial charge is 0.334 e. The molecule has 26 heavy (non-hydrogen) atoms. The lowest BCUT2D eigenvalue weighted by Crippen LogP contribution is -2.36. The Morgan fingerprint density at radius 2 is 1.81 bits per heavy atom. The summed E-state index contributed by atoms with van der Waals surface area (Å²) in [6.45, 7) is 3.06. The first-order chi connectivity index (χ1) is 12.6. The van der Waals surface area contributed by atoms with E-state index in [0.717, 1.165) is 17.7 Å². The summed E-state index contributed by atoms with van der Waals surface area (Å²) in [7, 11) is 0. The van der Waals surface area contributed by atoms with Crippen LogP contribution < -0.4 is 10.6 Å². The number of halogens is 1. The number of carbonyl (C=O) groups excluding carboxylic acids is 1. The maximum Gasteiger partial charge on any atom is 0.315 e. The van der Waals surface area contributed by atoms with Gasteiger partial charge >= 0.3 is 6.03 Å². The number of nitrogens with one attached hydrogen (secondary N) is 2. The van der Waals surface area contributed by atoms with Crippen LogP contribution in [0.2, 0.25) is 0 Å². The molecular formula is C20H21FN4O. The van der Waals surface area contributed by atoms with Crippen LogP contribution in [0.1, 0.15) is 29.7 Å². The molecule has 1 atom stereocenters. The average Bonchev–Trinajstić information content (AvgIpc) is 3.15. The number of carbonyl (C=O) groups is 1. The molecule has 1 aromatic heterocycles. The van der Waals surface area contributed by atoms with Gasteiger partial charge < -0.3 is 15.2 Å². The average molecular weight is 352 g/mol. The predicted molar refractivity (Wildman–Crippen MR) is 98.0 cm³/mol. The Hall–Kier alpha value is -3.15. The van der Waals surface area contributed by atoms with E-state index >= 15 is 0 Å². The molecule has 2 aromatic carbocycles. The Labute approximate surface area is 151 Å². The van der Waals surface area contributed by atoms with Crippen molar-refractivity contribution in [1.29, 1.82) is 0 Å². The van der Waals surface area contributed by atoms with E-state index in [2.05, 4.69) is 15.6 Å². The van der Waals surface area contributed by atoms with Gasteiger partial charge in [-0.05, 0) is 35.7 Å². The SMILES string of the molecule is C[C@H](NC(=O)NCc1ccc(Cn2ccnc2)cc1)c1ccc(F)cc1. The third-order valence-corrected chi connectivity index (χ3v) is 4.12. The summed E-state index contributed by atoms with van der Waals surface area (Å²) in [6, 6.07) is 13.7. The molecule has 0 spiro atoms. The van der Waals surface area contributed by atoms with Gasteiger partial charge in [-0.25, -0.2) is 14.2 Å². The van der Waals surface area contributed by atoms with Crippen LogP contribution in [0.15, 0.2) is 67.3 Å². The summed E-state index contributed by atoms with van der Waals surface area (Å²) in [4.78, 5) is 16.1. The summed E-state index contributed by atoms with van der Waals surface area (Å²) in [5.41, 5.74) is 3.04. The van der Waals surface area contributed by atoms with Crippen molar-refractivity contribution in [1.82, 2.24) is 20.2 Å². The molecule has 0 fully saturated rings. The minimum absolute atomic E-state index is 0.201. The lowest BCUT2D eigenvalue weighted by atomic mass is 10.1. The number of aromatic nitrogens is 2. The van der Waals surface area contributed by atoms with Gasteiger partial charge in [0.25, 0.3) is 0 Å². The first-order valence-corrected chi connectivity index (χ1v) is 8.43. The zero-order valence-corrected chi connectivity index (χ0v) is 14.5. The fourth-order valence-corrected chi connectivity index (χ4v) is 2.62. The molecule has 2 amide bonds. The van der Waals surface area contributed by atoms with Gasteiger partial charge in [-0.1, -0.05) is 36.4 Å². The Morgan fingerprint density at radius 3 is 2.46 bits per heavy atom. The molecule has 0 bridgehead atoms. The highest BCUT2D eigenvalue weighted by molar-refractivity contribution is 5.74. The third-order valence-electron chi connectivity index (χ3n) is 4.12. The second-order valence-corrected chi connectivity index (χ2v) is 6.15. The van der Waals surface area contributed by atoms with Gasteiger partial charge in [-0.15, -0.1) is 0 Å². The van der Waals surface area contributed by atoms with Gasteiger partial charge in [0.05, 0.1) is 12.4 Å². The van der Waals surface area contributed by atoms with Gasteiger partial charge in [0.1, 0.15) is 5.82 Å². The van der Waals surface area contributed by atoms with Crippen molar-refractivity contribution in [2.45, 2.75) is 26.1 Å². The molecule has 0 aliphatic carbocycles. The second-order valence-electron chi connectivity index (χ2n) is 6.15. The quantitative estimate of drug-likeness (QED) is 0.712. The van der Waals surface area contributed by atoms with Crippen LogP contribution in [0.4, 0.5) is 9.18 Å². The normalized spacial score (nSPS) is 11.8. The minimum Gasteiger partial charge on any atom is -0.334 e. The van der Waals surface area contributed by atoms with Crippen LogP contribution in [0, 0.1) is 5.82 Å². The maximum atomic E-state index is 13.0. The number of hydrogen-bond donors (Lipinski definition) is 2.